The number of aliphatic hydroxyl groups excluding tert-OH is 1. The number of carbonyl (C=O) groups excluding carboxylic acids is 1. The first-order valence-corrected chi connectivity index (χ1v) is 5.41. The highest BCUT2D eigenvalue weighted by atomic mass is 19.1. The van der Waals surface area contributed by atoms with Gasteiger partial charge in [0.1, 0.15) is 17.6 Å². The summed E-state index contributed by atoms with van der Waals surface area (Å²) in [7, 11) is 0. The Morgan fingerprint density at radius 3 is 2.83 bits per heavy atom. The summed E-state index contributed by atoms with van der Waals surface area (Å²) in [5, 5.41) is 11.8. The molecule has 0 aliphatic carbocycles. The van der Waals surface area contributed by atoms with Gasteiger partial charge in [0, 0.05) is 5.56 Å². The molecule has 0 fully saturated rings. The molecule has 1 aromatic carbocycles. The molecule has 1 unspecified atom stereocenters. The Morgan fingerprint density at radius 1 is 1.39 bits per heavy atom. The van der Waals surface area contributed by atoms with Crippen molar-refractivity contribution in [2.75, 3.05) is 6.61 Å². The van der Waals surface area contributed by atoms with Gasteiger partial charge in [0.25, 0.3) is 5.91 Å². The van der Waals surface area contributed by atoms with E-state index in [2.05, 4.69) is 5.32 Å². The summed E-state index contributed by atoms with van der Waals surface area (Å²) in [5.41, 5.74) is 0.194. The average molecular weight is 249 g/mol. The van der Waals surface area contributed by atoms with Crippen LogP contribution in [0.4, 0.5) is 4.39 Å². The van der Waals surface area contributed by atoms with Gasteiger partial charge in [-0.1, -0.05) is 6.07 Å². The van der Waals surface area contributed by atoms with Gasteiger partial charge in [-0.25, -0.2) is 4.39 Å². The van der Waals surface area contributed by atoms with Crippen molar-refractivity contribution >= 4 is 5.91 Å². The van der Waals surface area contributed by atoms with Crippen LogP contribution in [0.15, 0.2) is 47.1 Å². The number of amides is 1. The number of aliphatic hydroxyl groups is 1. The minimum atomic E-state index is -0.643. The van der Waals surface area contributed by atoms with Crippen molar-refractivity contribution in [1.82, 2.24) is 5.32 Å². The molecule has 94 valence electrons. The molecule has 2 N–H and O–H groups in total. The van der Waals surface area contributed by atoms with Gasteiger partial charge in [0.15, 0.2) is 0 Å². The van der Waals surface area contributed by atoms with Crippen LogP contribution >= 0.6 is 0 Å². The number of nitrogens with one attached hydrogen (secondary N) is 1. The molecule has 0 spiro atoms. The molecule has 0 aliphatic heterocycles. The van der Waals surface area contributed by atoms with E-state index < -0.39 is 17.8 Å². The lowest BCUT2D eigenvalue weighted by Crippen LogP contribution is -2.30. The maximum Gasteiger partial charge on any atom is 0.252 e. The minimum absolute atomic E-state index is 0.194. The van der Waals surface area contributed by atoms with Gasteiger partial charge < -0.3 is 14.8 Å². The fourth-order valence-corrected chi connectivity index (χ4v) is 1.57. The number of halogens is 1. The highest BCUT2D eigenvalue weighted by Crippen LogP contribution is 2.14. The summed E-state index contributed by atoms with van der Waals surface area (Å²) in [6.07, 6.45) is 1.45. The first-order chi connectivity index (χ1) is 8.70. The molecular formula is C13H12FNO3. The monoisotopic (exact) mass is 249 g/mol. The summed E-state index contributed by atoms with van der Waals surface area (Å²) in [6, 6.07) is 7.99. The standard InChI is InChI=1S/C13H12FNO3/c14-10-4-1-3-9(7-10)13(17)15-11(8-16)12-5-2-6-18-12/h1-7,11,16H,8H2,(H,15,17). The summed E-state index contributed by atoms with van der Waals surface area (Å²) in [6.45, 7) is -0.297. The Hall–Kier alpha value is -2.14. The van der Waals surface area contributed by atoms with Gasteiger partial charge in [-0.2, -0.15) is 0 Å². The lowest BCUT2D eigenvalue weighted by Gasteiger charge is -2.13. The molecule has 1 atom stereocenters. The van der Waals surface area contributed by atoms with Crippen molar-refractivity contribution in [3.8, 4) is 0 Å². The van der Waals surface area contributed by atoms with E-state index in [-0.39, 0.29) is 12.2 Å². The molecule has 0 saturated carbocycles. The van der Waals surface area contributed by atoms with E-state index in [1.54, 1.807) is 12.1 Å². The van der Waals surface area contributed by atoms with E-state index >= 15 is 0 Å². The lowest BCUT2D eigenvalue weighted by atomic mass is 10.1. The fraction of sp³-hybridized carbons (Fsp3) is 0.154. The van der Waals surface area contributed by atoms with Gasteiger partial charge in [0.2, 0.25) is 0 Å². The van der Waals surface area contributed by atoms with Crippen molar-refractivity contribution in [2.24, 2.45) is 0 Å². The molecule has 2 aromatic rings. The molecule has 5 heteroatoms. The molecule has 0 saturated heterocycles. The second-order valence-electron chi connectivity index (χ2n) is 3.73. The number of benzene rings is 1. The van der Waals surface area contributed by atoms with Crippen LogP contribution in [-0.2, 0) is 0 Å². The van der Waals surface area contributed by atoms with E-state index in [1.165, 1.54) is 24.5 Å². The van der Waals surface area contributed by atoms with Crippen molar-refractivity contribution in [3.05, 3.63) is 59.8 Å². The minimum Gasteiger partial charge on any atom is -0.467 e. The molecule has 2 rings (SSSR count). The molecule has 1 amide bonds. The molecule has 0 aliphatic rings. The highest BCUT2D eigenvalue weighted by molar-refractivity contribution is 5.94. The summed E-state index contributed by atoms with van der Waals surface area (Å²) >= 11 is 0. The predicted molar refractivity (Wildman–Crippen MR) is 62.4 cm³/mol. The Balaban J connectivity index is 2.11. The predicted octanol–water partition coefficient (Wildman–Crippen LogP) is 1.88. The summed E-state index contributed by atoms with van der Waals surface area (Å²) < 4.78 is 18.1. The van der Waals surface area contributed by atoms with Crippen LogP contribution in [0.5, 0.6) is 0 Å². The van der Waals surface area contributed by atoms with Crippen molar-refractivity contribution < 1.29 is 18.7 Å². The second kappa shape index (κ2) is 5.46. The average Bonchev–Trinajstić information content (AvgIpc) is 2.89. The number of furan rings is 1. The van der Waals surface area contributed by atoms with Gasteiger partial charge in [0.05, 0.1) is 12.9 Å². The van der Waals surface area contributed by atoms with E-state index in [0.29, 0.717) is 5.76 Å². The molecule has 0 radical (unpaired) electrons. The number of hydrogen-bond donors (Lipinski definition) is 2. The summed E-state index contributed by atoms with van der Waals surface area (Å²) in [5.74, 6) is -0.506. The van der Waals surface area contributed by atoms with Crippen LogP contribution in [0, 0.1) is 5.82 Å². The molecule has 1 aromatic heterocycles. The quantitative estimate of drug-likeness (QED) is 0.869. The fourth-order valence-electron chi connectivity index (χ4n) is 1.57. The van der Waals surface area contributed by atoms with Crippen LogP contribution < -0.4 is 5.32 Å². The van der Waals surface area contributed by atoms with Crippen LogP contribution in [0.25, 0.3) is 0 Å². The van der Waals surface area contributed by atoms with Gasteiger partial charge in [-0.3, -0.25) is 4.79 Å². The van der Waals surface area contributed by atoms with Crippen molar-refractivity contribution in [3.63, 3.8) is 0 Å². The Labute approximate surface area is 103 Å². The second-order valence-corrected chi connectivity index (χ2v) is 3.73. The zero-order valence-electron chi connectivity index (χ0n) is 9.47. The number of hydrogen-bond acceptors (Lipinski definition) is 3. The third-order valence-corrected chi connectivity index (χ3v) is 2.46. The Bertz CT molecular complexity index is 525. The largest absolute Gasteiger partial charge is 0.467 e. The van der Waals surface area contributed by atoms with E-state index in [1.807, 2.05) is 0 Å². The zero-order valence-corrected chi connectivity index (χ0v) is 9.47. The van der Waals surface area contributed by atoms with Crippen LogP contribution in [0.1, 0.15) is 22.2 Å². The third-order valence-electron chi connectivity index (χ3n) is 2.46. The van der Waals surface area contributed by atoms with Crippen LogP contribution in [-0.4, -0.2) is 17.6 Å². The van der Waals surface area contributed by atoms with Gasteiger partial charge in [-0.05, 0) is 30.3 Å². The molecule has 18 heavy (non-hydrogen) atoms. The van der Waals surface area contributed by atoms with Crippen LogP contribution in [0.2, 0.25) is 0 Å². The van der Waals surface area contributed by atoms with E-state index in [9.17, 15) is 14.3 Å². The maximum atomic E-state index is 13.0. The maximum absolute atomic E-state index is 13.0. The normalized spacial score (nSPS) is 12.1. The Kier molecular flexibility index (Phi) is 3.74. The third kappa shape index (κ3) is 2.75. The number of rotatable bonds is 4. The molecule has 4 nitrogen and oxygen atoms in total. The molecule has 0 bridgehead atoms. The first kappa shape index (κ1) is 12.3. The van der Waals surface area contributed by atoms with E-state index in [0.717, 1.165) is 6.07 Å². The summed E-state index contributed by atoms with van der Waals surface area (Å²) in [4.78, 5) is 11.8. The molecular weight excluding hydrogens is 237 g/mol. The highest BCUT2D eigenvalue weighted by Gasteiger charge is 2.17. The first-order valence-electron chi connectivity index (χ1n) is 5.41. The van der Waals surface area contributed by atoms with Crippen molar-refractivity contribution in [1.29, 1.82) is 0 Å². The lowest BCUT2D eigenvalue weighted by molar-refractivity contribution is 0.0907. The van der Waals surface area contributed by atoms with Gasteiger partial charge >= 0.3 is 0 Å². The van der Waals surface area contributed by atoms with Crippen LogP contribution in [0.3, 0.4) is 0 Å². The Morgan fingerprint density at radius 2 is 2.22 bits per heavy atom. The van der Waals surface area contributed by atoms with E-state index in [4.69, 9.17) is 4.42 Å². The van der Waals surface area contributed by atoms with Gasteiger partial charge in [-0.15, -0.1) is 0 Å². The number of carbonyl (C=O) groups is 1. The van der Waals surface area contributed by atoms with Crippen molar-refractivity contribution in [2.45, 2.75) is 6.04 Å². The molecule has 1 heterocycles. The SMILES string of the molecule is O=C(NC(CO)c1ccco1)c1cccc(F)c1. The smallest absolute Gasteiger partial charge is 0.252 e. The zero-order chi connectivity index (χ0) is 13.0. The topological polar surface area (TPSA) is 62.5 Å².